The quantitative estimate of drug-likeness (QED) is 0.772. The van der Waals surface area contributed by atoms with E-state index >= 15 is 0 Å². The summed E-state index contributed by atoms with van der Waals surface area (Å²) < 4.78 is 27.9. The Labute approximate surface area is 136 Å². The van der Waals surface area contributed by atoms with E-state index in [-0.39, 0.29) is 32.2 Å². The Morgan fingerprint density at radius 2 is 2.00 bits per heavy atom. The van der Waals surface area contributed by atoms with Crippen LogP contribution in [0.2, 0.25) is 10.2 Å². The predicted molar refractivity (Wildman–Crippen MR) is 83.1 cm³/mol. The molecule has 1 aromatic heterocycles. The predicted octanol–water partition coefficient (Wildman–Crippen LogP) is 2.23. The van der Waals surface area contributed by atoms with Crippen LogP contribution in [0.5, 0.6) is 5.75 Å². The molecule has 4 N–H and O–H groups in total. The Balaban J connectivity index is 2.32. The Kier molecular flexibility index (Phi) is 4.66. The highest BCUT2D eigenvalue weighted by Crippen LogP contribution is 2.27. The van der Waals surface area contributed by atoms with E-state index in [0.717, 1.165) is 0 Å². The van der Waals surface area contributed by atoms with Crippen LogP contribution in [0, 0.1) is 0 Å². The smallest absolute Gasteiger partial charge is 0.272 e. The first-order valence-electron chi connectivity index (χ1n) is 5.78. The number of carbonyl (C=O) groups excluding carboxylic acids is 1. The molecular weight excluding hydrogens is 353 g/mol. The Bertz CT molecular complexity index is 813. The van der Waals surface area contributed by atoms with Gasteiger partial charge in [-0.3, -0.25) is 4.79 Å². The van der Waals surface area contributed by atoms with Crippen LogP contribution in [0.4, 0.5) is 5.69 Å². The number of halogens is 2. The molecule has 118 valence electrons. The van der Waals surface area contributed by atoms with Crippen LogP contribution in [0.15, 0.2) is 29.2 Å². The van der Waals surface area contributed by atoms with Crippen molar-refractivity contribution in [3.63, 3.8) is 0 Å². The standard InChI is InChI=1S/C12H11Cl2N3O4S/c1-21-9-3-2-6(4-10(9)22(15,19)20)16-12(18)8-5-7(13)11(14)17-8/h2-5,17H,1H3,(H,16,18)(H2,15,19,20). The van der Waals surface area contributed by atoms with E-state index < -0.39 is 15.9 Å². The minimum absolute atomic E-state index is 0.0754. The summed E-state index contributed by atoms with van der Waals surface area (Å²) in [5.74, 6) is -0.467. The van der Waals surface area contributed by atoms with Gasteiger partial charge in [-0.05, 0) is 24.3 Å². The number of rotatable bonds is 4. The van der Waals surface area contributed by atoms with Crippen molar-refractivity contribution in [2.45, 2.75) is 4.90 Å². The molecule has 0 spiro atoms. The number of aromatic amines is 1. The van der Waals surface area contributed by atoms with Gasteiger partial charge in [-0.15, -0.1) is 0 Å². The van der Waals surface area contributed by atoms with Gasteiger partial charge < -0.3 is 15.0 Å². The molecule has 7 nitrogen and oxygen atoms in total. The lowest BCUT2D eigenvalue weighted by atomic mass is 10.3. The number of carbonyl (C=O) groups is 1. The number of hydrogen-bond acceptors (Lipinski definition) is 4. The summed E-state index contributed by atoms with van der Waals surface area (Å²) in [5.41, 5.74) is 0.347. The number of nitrogens with one attached hydrogen (secondary N) is 2. The highest BCUT2D eigenvalue weighted by molar-refractivity contribution is 7.89. The van der Waals surface area contributed by atoms with Crippen LogP contribution in [0.3, 0.4) is 0 Å². The van der Waals surface area contributed by atoms with Crippen LogP contribution < -0.4 is 15.2 Å². The van der Waals surface area contributed by atoms with Crippen molar-refractivity contribution in [2.24, 2.45) is 5.14 Å². The number of hydrogen-bond donors (Lipinski definition) is 3. The molecule has 1 aromatic carbocycles. The molecule has 0 saturated heterocycles. The molecule has 0 aliphatic carbocycles. The Hall–Kier alpha value is -1.74. The number of H-pyrrole nitrogens is 1. The molecule has 2 aromatic rings. The molecule has 0 saturated carbocycles. The van der Waals surface area contributed by atoms with Crippen LogP contribution in [-0.2, 0) is 10.0 Å². The summed E-state index contributed by atoms with van der Waals surface area (Å²) in [6.07, 6.45) is 0. The number of primary sulfonamides is 1. The number of amides is 1. The minimum atomic E-state index is -4.00. The van der Waals surface area contributed by atoms with Crippen molar-refractivity contribution in [1.29, 1.82) is 0 Å². The molecule has 1 heterocycles. The number of benzene rings is 1. The van der Waals surface area contributed by atoms with E-state index in [1.165, 1.54) is 31.4 Å². The fourth-order valence-electron chi connectivity index (χ4n) is 1.70. The molecule has 0 aliphatic heterocycles. The van der Waals surface area contributed by atoms with Gasteiger partial charge in [0.05, 0.1) is 12.1 Å². The van der Waals surface area contributed by atoms with E-state index in [4.69, 9.17) is 33.1 Å². The first kappa shape index (κ1) is 16.6. The van der Waals surface area contributed by atoms with Crippen molar-refractivity contribution >= 4 is 44.8 Å². The fourth-order valence-corrected chi connectivity index (χ4v) is 2.74. The molecule has 1 amide bonds. The van der Waals surface area contributed by atoms with Gasteiger partial charge in [0.2, 0.25) is 10.0 Å². The van der Waals surface area contributed by atoms with Crippen LogP contribution in [0.1, 0.15) is 10.5 Å². The van der Waals surface area contributed by atoms with Crippen LogP contribution in [-0.4, -0.2) is 26.4 Å². The highest BCUT2D eigenvalue weighted by atomic mass is 35.5. The molecule has 0 unspecified atom stereocenters. The highest BCUT2D eigenvalue weighted by Gasteiger charge is 2.17. The zero-order valence-corrected chi connectivity index (χ0v) is 13.5. The van der Waals surface area contributed by atoms with Crippen molar-refractivity contribution in [1.82, 2.24) is 4.98 Å². The van der Waals surface area contributed by atoms with Crippen molar-refractivity contribution < 1.29 is 17.9 Å². The zero-order chi connectivity index (χ0) is 16.5. The summed E-state index contributed by atoms with van der Waals surface area (Å²) in [6.45, 7) is 0. The number of aromatic nitrogens is 1. The van der Waals surface area contributed by atoms with Gasteiger partial charge in [-0.1, -0.05) is 23.2 Å². The molecule has 0 fully saturated rings. The molecule has 0 atom stereocenters. The third-order valence-corrected chi connectivity index (χ3v) is 4.32. The zero-order valence-electron chi connectivity index (χ0n) is 11.2. The van der Waals surface area contributed by atoms with E-state index in [1.54, 1.807) is 0 Å². The van der Waals surface area contributed by atoms with Crippen LogP contribution in [0.25, 0.3) is 0 Å². The van der Waals surface area contributed by atoms with E-state index in [0.29, 0.717) is 0 Å². The topological polar surface area (TPSA) is 114 Å². The maximum Gasteiger partial charge on any atom is 0.272 e. The molecule has 0 radical (unpaired) electrons. The van der Waals surface area contributed by atoms with Crippen LogP contribution >= 0.6 is 23.2 Å². The average Bonchev–Trinajstić information content (AvgIpc) is 2.78. The first-order valence-corrected chi connectivity index (χ1v) is 8.09. The SMILES string of the molecule is COc1ccc(NC(=O)c2cc(Cl)c(Cl)[nH]2)cc1S(N)(=O)=O. The first-order chi connectivity index (χ1) is 10.2. The Morgan fingerprint density at radius 1 is 1.32 bits per heavy atom. The van der Waals surface area contributed by atoms with Gasteiger partial charge in [-0.25, -0.2) is 13.6 Å². The van der Waals surface area contributed by atoms with E-state index in [9.17, 15) is 13.2 Å². The normalized spacial score (nSPS) is 11.3. The van der Waals surface area contributed by atoms with Gasteiger partial charge in [0.15, 0.2) is 0 Å². The van der Waals surface area contributed by atoms with Gasteiger partial charge in [-0.2, -0.15) is 0 Å². The largest absolute Gasteiger partial charge is 0.495 e. The minimum Gasteiger partial charge on any atom is -0.495 e. The fraction of sp³-hybridized carbons (Fsp3) is 0.0833. The number of ether oxygens (including phenoxy) is 1. The van der Waals surface area contributed by atoms with Gasteiger partial charge in [0.1, 0.15) is 21.5 Å². The molecule has 0 bridgehead atoms. The summed E-state index contributed by atoms with van der Waals surface area (Å²) in [5, 5.41) is 7.94. The maximum atomic E-state index is 12.0. The maximum absolute atomic E-state index is 12.0. The number of methoxy groups -OCH3 is 1. The lowest BCUT2D eigenvalue weighted by molar-refractivity contribution is 0.102. The van der Waals surface area contributed by atoms with Gasteiger partial charge in [0, 0.05) is 5.69 Å². The second-order valence-electron chi connectivity index (χ2n) is 4.21. The van der Waals surface area contributed by atoms with Gasteiger partial charge in [0.25, 0.3) is 5.91 Å². The van der Waals surface area contributed by atoms with Crippen molar-refractivity contribution in [2.75, 3.05) is 12.4 Å². The third-order valence-electron chi connectivity index (χ3n) is 2.70. The second-order valence-corrected chi connectivity index (χ2v) is 6.52. The molecule has 2 rings (SSSR count). The lowest BCUT2D eigenvalue weighted by Gasteiger charge is -2.09. The molecule has 10 heteroatoms. The van der Waals surface area contributed by atoms with E-state index in [1.807, 2.05) is 0 Å². The summed E-state index contributed by atoms with van der Waals surface area (Å²) in [6, 6.07) is 5.39. The number of nitrogens with two attached hydrogens (primary N) is 1. The monoisotopic (exact) mass is 363 g/mol. The molecular formula is C12H11Cl2N3O4S. The third kappa shape index (κ3) is 3.53. The Morgan fingerprint density at radius 3 is 2.50 bits per heavy atom. The average molecular weight is 364 g/mol. The lowest BCUT2D eigenvalue weighted by Crippen LogP contribution is -2.16. The summed E-state index contributed by atoms with van der Waals surface area (Å²) in [4.78, 5) is 14.4. The van der Waals surface area contributed by atoms with E-state index in [2.05, 4.69) is 10.3 Å². The molecule has 0 aliphatic rings. The number of anilines is 1. The summed E-state index contributed by atoms with van der Waals surface area (Å²) in [7, 11) is -2.69. The number of sulfonamides is 1. The second kappa shape index (κ2) is 6.17. The summed E-state index contributed by atoms with van der Waals surface area (Å²) >= 11 is 11.5. The molecule has 22 heavy (non-hydrogen) atoms. The van der Waals surface area contributed by atoms with Gasteiger partial charge >= 0.3 is 0 Å². The van der Waals surface area contributed by atoms with Crippen molar-refractivity contribution in [3.05, 3.63) is 40.1 Å². The van der Waals surface area contributed by atoms with Crippen molar-refractivity contribution in [3.8, 4) is 5.75 Å².